The molecule has 0 unspecified atom stereocenters. The average molecular weight is 334 g/mol. The summed E-state index contributed by atoms with van der Waals surface area (Å²) >= 11 is 5.79. The highest BCUT2D eigenvalue weighted by atomic mass is 35.5. The normalized spacial score (nSPS) is 10.2. The summed E-state index contributed by atoms with van der Waals surface area (Å²) in [6.45, 7) is 1.11. The van der Waals surface area contributed by atoms with Gasteiger partial charge in [-0.3, -0.25) is 19.7 Å². The molecule has 0 radical (unpaired) electrons. The van der Waals surface area contributed by atoms with Crippen LogP contribution < -0.4 is 0 Å². The number of nitrogens with zero attached hydrogens (tertiary/aromatic N) is 1. The van der Waals surface area contributed by atoms with E-state index in [1.54, 1.807) is 12.1 Å². The van der Waals surface area contributed by atoms with E-state index in [0.29, 0.717) is 16.1 Å². The zero-order chi connectivity index (χ0) is 17.0. The van der Waals surface area contributed by atoms with Gasteiger partial charge in [0.05, 0.1) is 4.92 Å². The largest absolute Gasteiger partial charge is 0.461 e. The molecular weight excluding hydrogens is 322 g/mol. The Morgan fingerprint density at radius 3 is 2.39 bits per heavy atom. The number of esters is 1. The minimum atomic E-state index is -0.589. The third-order valence-electron chi connectivity index (χ3n) is 3.09. The van der Waals surface area contributed by atoms with Crippen LogP contribution in [0.1, 0.15) is 28.4 Å². The Bertz CT molecular complexity index is 771. The highest BCUT2D eigenvalue weighted by Gasteiger charge is 2.18. The van der Waals surface area contributed by atoms with Gasteiger partial charge in [-0.2, -0.15) is 0 Å². The first-order valence-corrected chi connectivity index (χ1v) is 6.97. The first-order valence-electron chi connectivity index (χ1n) is 6.59. The first kappa shape index (κ1) is 16.6. The Labute approximate surface area is 136 Å². The molecule has 0 heterocycles. The minimum Gasteiger partial charge on any atom is -0.461 e. The van der Waals surface area contributed by atoms with Gasteiger partial charge in [-0.25, -0.2) is 0 Å². The number of hydrogen-bond acceptors (Lipinski definition) is 5. The van der Waals surface area contributed by atoms with E-state index in [-0.39, 0.29) is 17.9 Å². The van der Waals surface area contributed by atoms with Crippen molar-refractivity contribution in [1.29, 1.82) is 0 Å². The van der Waals surface area contributed by atoms with Crippen molar-refractivity contribution in [2.75, 3.05) is 0 Å². The number of benzene rings is 2. The second-order valence-corrected chi connectivity index (χ2v) is 5.15. The number of halogens is 1. The second kappa shape index (κ2) is 7.02. The number of ketones is 1. The second-order valence-electron chi connectivity index (χ2n) is 4.71. The van der Waals surface area contributed by atoms with E-state index in [1.165, 1.54) is 37.3 Å². The van der Waals surface area contributed by atoms with Crippen molar-refractivity contribution >= 4 is 29.0 Å². The maximum atomic E-state index is 12.6. The molecule has 0 aliphatic carbocycles. The molecule has 0 aliphatic rings. The Balaban J connectivity index is 2.45. The lowest BCUT2D eigenvalue weighted by Crippen LogP contribution is -2.09. The Hall–Kier alpha value is -2.73. The molecule has 118 valence electrons. The van der Waals surface area contributed by atoms with Crippen LogP contribution in [0.25, 0.3) is 0 Å². The molecule has 0 spiro atoms. The van der Waals surface area contributed by atoms with Crippen molar-refractivity contribution in [3.05, 3.63) is 74.3 Å². The number of rotatable bonds is 5. The van der Waals surface area contributed by atoms with E-state index in [0.717, 1.165) is 0 Å². The van der Waals surface area contributed by atoms with Crippen molar-refractivity contribution < 1.29 is 19.2 Å². The van der Waals surface area contributed by atoms with Gasteiger partial charge in [0.15, 0.2) is 5.78 Å². The van der Waals surface area contributed by atoms with Crippen molar-refractivity contribution in [2.45, 2.75) is 13.5 Å². The molecule has 0 bridgehead atoms. The van der Waals surface area contributed by atoms with Gasteiger partial charge in [0.25, 0.3) is 5.69 Å². The van der Waals surface area contributed by atoms with Gasteiger partial charge >= 0.3 is 5.97 Å². The Morgan fingerprint density at radius 1 is 1.17 bits per heavy atom. The Kier molecular flexibility index (Phi) is 5.08. The predicted octanol–water partition coefficient (Wildman–Crippen LogP) is 3.54. The number of hydrogen-bond donors (Lipinski definition) is 0. The smallest absolute Gasteiger partial charge is 0.302 e. The van der Waals surface area contributed by atoms with Gasteiger partial charge in [-0.1, -0.05) is 11.6 Å². The molecule has 2 aromatic rings. The fourth-order valence-corrected chi connectivity index (χ4v) is 2.08. The quantitative estimate of drug-likeness (QED) is 0.361. The van der Waals surface area contributed by atoms with E-state index in [1.807, 2.05) is 0 Å². The zero-order valence-corrected chi connectivity index (χ0v) is 12.9. The van der Waals surface area contributed by atoms with Crippen LogP contribution in [0.4, 0.5) is 5.69 Å². The molecule has 0 saturated heterocycles. The van der Waals surface area contributed by atoms with E-state index in [9.17, 15) is 19.7 Å². The minimum absolute atomic E-state index is 0.114. The summed E-state index contributed by atoms with van der Waals surface area (Å²) in [5, 5.41) is 11.4. The summed E-state index contributed by atoms with van der Waals surface area (Å²) in [5.41, 5.74) is 0.626. The SMILES string of the molecule is CC(=O)OCc1ccc([N+](=O)[O-])cc1C(=O)c1ccc(Cl)cc1. The number of non-ortho nitro benzene ring substituents is 1. The number of carbonyl (C=O) groups is 2. The molecule has 0 aliphatic heterocycles. The van der Waals surface area contributed by atoms with Crippen LogP contribution in [-0.4, -0.2) is 16.7 Å². The molecule has 2 rings (SSSR count). The molecule has 0 N–H and O–H groups in total. The summed E-state index contributed by atoms with van der Waals surface area (Å²) < 4.78 is 4.89. The predicted molar refractivity (Wildman–Crippen MR) is 83.5 cm³/mol. The molecular formula is C16H12ClNO5. The third-order valence-corrected chi connectivity index (χ3v) is 3.34. The summed E-state index contributed by atoms with van der Waals surface area (Å²) in [6.07, 6.45) is 0. The number of ether oxygens (including phenoxy) is 1. The van der Waals surface area contributed by atoms with Gasteiger partial charge in [0.2, 0.25) is 0 Å². The molecule has 2 aromatic carbocycles. The van der Waals surface area contributed by atoms with Crippen molar-refractivity contribution in [3.63, 3.8) is 0 Å². The van der Waals surface area contributed by atoms with Crippen LogP contribution in [-0.2, 0) is 16.1 Å². The fraction of sp³-hybridized carbons (Fsp3) is 0.125. The van der Waals surface area contributed by atoms with E-state index < -0.39 is 16.7 Å². The lowest BCUT2D eigenvalue weighted by atomic mass is 9.98. The standard InChI is InChI=1S/C16H12ClNO5/c1-10(19)23-9-12-4-7-14(18(21)22)8-15(12)16(20)11-2-5-13(17)6-3-11/h2-8H,9H2,1H3. The van der Waals surface area contributed by atoms with E-state index >= 15 is 0 Å². The molecule has 23 heavy (non-hydrogen) atoms. The fourth-order valence-electron chi connectivity index (χ4n) is 1.95. The summed E-state index contributed by atoms with van der Waals surface area (Å²) in [4.78, 5) is 33.9. The van der Waals surface area contributed by atoms with Crippen LogP contribution in [0.3, 0.4) is 0 Å². The zero-order valence-electron chi connectivity index (χ0n) is 12.1. The average Bonchev–Trinajstić information content (AvgIpc) is 2.52. The summed E-state index contributed by atoms with van der Waals surface area (Å²) in [7, 11) is 0. The van der Waals surface area contributed by atoms with Crippen LogP contribution in [0.15, 0.2) is 42.5 Å². The topological polar surface area (TPSA) is 86.5 Å². The molecule has 0 aromatic heterocycles. The molecule has 6 nitrogen and oxygen atoms in total. The lowest BCUT2D eigenvalue weighted by Gasteiger charge is -2.09. The van der Waals surface area contributed by atoms with E-state index in [2.05, 4.69) is 0 Å². The molecule has 7 heteroatoms. The van der Waals surface area contributed by atoms with Gasteiger partial charge in [0.1, 0.15) is 6.61 Å². The maximum Gasteiger partial charge on any atom is 0.302 e. The van der Waals surface area contributed by atoms with Crippen molar-refractivity contribution in [1.82, 2.24) is 0 Å². The number of nitro benzene ring substituents is 1. The third kappa shape index (κ3) is 4.14. The Morgan fingerprint density at radius 2 is 1.83 bits per heavy atom. The summed E-state index contributed by atoms with van der Waals surface area (Å²) in [6, 6.07) is 10.0. The van der Waals surface area contributed by atoms with Crippen LogP contribution >= 0.6 is 11.6 Å². The van der Waals surface area contributed by atoms with Crippen LogP contribution in [0, 0.1) is 10.1 Å². The van der Waals surface area contributed by atoms with Crippen molar-refractivity contribution in [2.24, 2.45) is 0 Å². The van der Waals surface area contributed by atoms with Crippen LogP contribution in [0.5, 0.6) is 0 Å². The highest BCUT2D eigenvalue weighted by molar-refractivity contribution is 6.30. The number of nitro groups is 1. The van der Waals surface area contributed by atoms with Crippen LogP contribution in [0.2, 0.25) is 5.02 Å². The van der Waals surface area contributed by atoms with Gasteiger partial charge in [-0.15, -0.1) is 0 Å². The van der Waals surface area contributed by atoms with Gasteiger partial charge < -0.3 is 4.74 Å². The molecule has 0 saturated carbocycles. The number of carbonyl (C=O) groups excluding carboxylic acids is 2. The summed E-state index contributed by atoms with van der Waals surface area (Å²) in [5.74, 6) is -0.916. The molecule has 0 fully saturated rings. The monoisotopic (exact) mass is 333 g/mol. The van der Waals surface area contributed by atoms with Gasteiger partial charge in [0, 0.05) is 40.8 Å². The molecule has 0 atom stereocenters. The van der Waals surface area contributed by atoms with Gasteiger partial charge in [-0.05, 0) is 30.3 Å². The lowest BCUT2D eigenvalue weighted by molar-refractivity contribution is -0.384. The van der Waals surface area contributed by atoms with E-state index in [4.69, 9.17) is 16.3 Å². The maximum absolute atomic E-state index is 12.6. The first-order chi connectivity index (χ1) is 10.9. The highest BCUT2D eigenvalue weighted by Crippen LogP contribution is 2.22. The van der Waals surface area contributed by atoms with Crippen molar-refractivity contribution in [3.8, 4) is 0 Å². The molecule has 0 amide bonds.